The minimum absolute atomic E-state index is 0.00971. The van der Waals surface area contributed by atoms with Gasteiger partial charge in [-0.05, 0) is 140 Å². The molecule has 0 amide bonds. The monoisotopic (exact) mass is 700 g/mol. The van der Waals surface area contributed by atoms with Crippen molar-refractivity contribution in [3.8, 4) is 0 Å². The van der Waals surface area contributed by atoms with Crippen LogP contribution in [0.1, 0.15) is 96.1 Å². The summed E-state index contributed by atoms with van der Waals surface area (Å²) in [5, 5.41) is 53.4. The van der Waals surface area contributed by atoms with Gasteiger partial charge in [-0.1, -0.05) is 71.9 Å². The maximum absolute atomic E-state index is 12.8. The second-order valence-electron chi connectivity index (χ2n) is 16.4. The van der Waals surface area contributed by atoms with Crippen molar-refractivity contribution in [2.24, 2.45) is 22.2 Å². The van der Waals surface area contributed by atoms with Crippen LogP contribution >= 0.6 is 0 Å². The topological polar surface area (TPSA) is 122 Å². The van der Waals surface area contributed by atoms with E-state index in [2.05, 4.69) is 67.5 Å². The number of hydrogen-bond donors (Lipinski definition) is 6. The summed E-state index contributed by atoms with van der Waals surface area (Å²) in [5.41, 5.74) is 4.10. The molecule has 3 aliphatic carbocycles. The third-order valence-corrected chi connectivity index (χ3v) is 13.6. The van der Waals surface area contributed by atoms with Gasteiger partial charge in [0.2, 0.25) is 0 Å². The summed E-state index contributed by atoms with van der Waals surface area (Å²) in [7, 11) is 1.88. The minimum Gasteiger partial charge on any atom is -0.396 e. The molecule has 1 aromatic carbocycles. The smallest absolute Gasteiger partial charge is 0.145 e. The number of rotatable bonds is 12. The van der Waals surface area contributed by atoms with Gasteiger partial charge in [0, 0.05) is 35.4 Å². The zero-order valence-electron chi connectivity index (χ0n) is 31.6. The van der Waals surface area contributed by atoms with Crippen LogP contribution in [0.4, 0.5) is 0 Å². The molecule has 0 saturated heterocycles. The van der Waals surface area contributed by atoms with Gasteiger partial charge in [-0.2, -0.15) is 0 Å². The highest BCUT2D eigenvalue weighted by atomic mass is 16.3. The molecule has 0 aromatic heterocycles. The van der Waals surface area contributed by atoms with E-state index < -0.39 is 27.9 Å². The summed E-state index contributed by atoms with van der Waals surface area (Å²) in [4.78, 5) is 12.3. The number of fused-ring (bicyclic) bond motifs is 3. The summed E-state index contributed by atoms with van der Waals surface area (Å²) < 4.78 is 0. The first-order valence-electron chi connectivity index (χ1n) is 19.4. The van der Waals surface area contributed by atoms with E-state index in [0.29, 0.717) is 75.9 Å². The zero-order valence-corrected chi connectivity index (χ0v) is 31.6. The Morgan fingerprint density at radius 3 is 2.55 bits per heavy atom. The largest absolute Gasteiger partial charge is 0.396 e. The summed E-state index contributed by atoms with van der Waals surface area (Å²) in [6.07, 6.45) is 16.4. The third kappa shape index (κ3) is 7.32. The summed E-state index contributed by atoms with van der Waals surface area (Å²) >= 11 is 0. The fourth-order valence-corrected chi connectivity index (χ4v) is 10.9. The Balaban J connectivity index is 1.48. The molecule has 0 radical (unpaired) electrons. The van der Waals surface area contributed by atoms with Crippen molar-refractivity contribution in [3.05, 3.63) is 94.1 Å². The lowest BCUT2D eigenvalue weighted by molar-refractivity contribution is -0.240. The molecule has 1 aliphatic heterocycles. The number of hydrogen-bond acceptors (Lipinski definition) is 7. The molecule has 0 unspecified atom stereocenters. The van der Waals surface area contributed by atoms with Crippen molar-refractivity contribution < 1.29 is 25.2 Å². The van der Waals surface area contributed by atoms with Crippen molar-refractivity contribution in [2.45, 2.75) is 116 Å². The van der Waals surface area contributed by atoms with E-state index in [1.807, 2.05) is 26.1 Å². The van der Waals surface area contributed by atoms with Crippen molar-refractivity contribution in [2.75, 3.05) is 33.4 Å². The molecule has 280 valence electrons. The predicted octanol–water partition coefficient (Wildman–Crippen LogP) is 6.08. The predicted molar refractivity (Wildman–Crippen MR) is 206 cm³/mol. The first-order valence-corrected chi connectivity index (χ1v) is 19.4. The van der Waals surface area contributed by atoms with Crippen molar-refractivity contribution >= 4 is 6.29 Å². The number of carbonyl (C=O) groups is 1. The average molecular weight is 701 g/mol. The number of aliphatic hydroxyl groups excluding tert-OH is 3. The molecule has 7 heteroatoms. The Bertz CT molecular complexity index is 1540. The molecule has 5 rings (SSSR count). The van der Waals surface area contributed by atoms with Crippen LogP contribution < -0.4 is 10.6 Å². The molecule has 3 fully saturated rings. The molecule has 4 bridgehead atoms. The van der Waals surface area contributed by atoms with Crippen LogP contribution in [0.25, 0.3) is 0 Å². The van der Waals surface area contributed by atoms with E-state index in [4.69, 9.17) is 0 Å². The highest BCUT2D eigenvalue weighted by molar-refractivity contribution is 5.74. The second kappa shape index (κ2) is 16.6. The highest BCUT2D eigenvalue weighted by Crippen LogP contribution is 2.77. The van der Waals surface area contributed by atoms with Gasteiger partial charge in [0.15, 0.2) is 0 Å². The van der Waals surface area contributed by atoms with Crippen LogP contribution in [0.2, 0.25) is 0 Å². The summed E-state index contributed by atoms with van der Waals surface area (Å²) in [6, 6.07) is 9.29. The number of benzene rings is 1. The average Bonchev–Trinajstić information content (AvgIpc) is 3.32. The van der Waals surface area contributed by atoms with Gasteiger partial charge < -0.3 is 31.1 Å². The van der Waals surface area contributed by atoms with Crippen molar-refractivity contribution in [1.29, 1.82) is 0 Å². The second-order valence-corrected chi connectivity index (χ2v) is 16.4. The molecular weight excluding hydrogens is 636 g/mol. The van der Waals surface area contributed by atoms with E-state index in [9.17, 15) is 25.2 Å². The van der Waals surface area contributed by atoms with Gasteiger partial charge in [0.1, 0.15) is 6.29 Å². The lowest BCUT2D eigenvalue weighted by Gasteiger charge is -2.67. The molecule has 1 heterocycles. The van der Waals surface area contributed by atoms with Gasteiger partial charge in [-0.25, -0.2) is 0 Å². The Kier molecular flexibility index (Phi) is 12.9. The Hall–Kier alpha value is -2.65. The van der Waals surface area contributed by atoms with Crippen LogP contribution in [0.3, 0.4) is 0 Å². The lowest BCUT2D eigenvalue weighted by atomic mass is 9.39. The zero-order chi connectivity index (χ0) is 36.9. The first-order chi connectivity index (χ1) is 24.5. The fraction of sp³-hybridized carbons (Fsp3) is 0.614. The summed E-state index contributed by atoms with van der Waals surface area (Å²) in [5.74, 6) is 0.213. The van der Waals surface area contributed by atoms with Gasteiger partial charge in [0.05, 0.1) is 18.3 Å². The fourth-order valence-electron chi connectivity index (χ4n) is 10.9. The molecule has 7 nitrogen and oxygen atoms in total. The number of carbonyl (C=O) groups excluding carboxylic acids is 1. The van der Waals surface area contributed by atoms with Crippen molar-refractivity contribution in [1.82, 2.24) is 10.6 Å². The van der Waals surface area contributed by atoms with Crippen LogP contribution in [-0.2, 0) is 17.6 Å². The van der Waals surface area contributed by atoms with Gasteiger partial charge in [-0.15, -0.1) is 0 Å². The van der Waals surface area contributed by atoms with Gasteiger partial charge in [-0.3, -0.25) is 4.79 Å². The van der Waals surface area contributed by atoms with E-state index in [1.165, 1.54) is 16.7 Å². The molecule has 7 atom stereocenters. The number of allylic oxidation sites excluding steroid dienone is 7. The molecule has 1 spiro atoms. The molecule has 51 heavy (non-hydrogen) atoms. The molecule has 1 aromatic rings. The normalized spacial score (nSPS) is 36.4. The highest BCUT2D eigenvalue weighted by Gasteiger charge is 2.76. The van der Waals surface area contributed by atoms with E-state index in [1.54, 1.807) is 0 Å². The van der Waals surface area contributed by atoms with Crippen molar-refractivity contribution in [3.63, 3.8) is 0 Å². The molecule has 6 N–H and O–H groups in total. The van der Waals surface area contributed by atoms with E-state index >= 15 is 0 Å². The van der Waals surface area contributed by atoms with Gasteiger partial charge >= 0.3 is 0 Å². The van der Waals surface area contributed by atoms with Gasteiger partial charge in [0.25, 0.3) is 0 Å². The maximum atomic E-state index is 12.8. The van der Waals surface area contributed by atoms with E-state index in [0.717, 1.165) is 48.8 Å². The Labute approximate surface area is 306 Å². The number of nitrogens with one attached hydrogen (secondary N) is 2. The van der Waals surface area contributed by atoms with Crippen LogP contribution in [0.5, 0.6) is 0 Å². The molecular formula is C44H64N2O5. The van der Waals surface area contributed by atoms with E-state index in [-0.39, 0.29) is 19.1 Å². The molecule has 4 aliphatic rings. The minimum atomic E-state index is -1.17. The number of aldehydes is 1. The summed E-state index contributed by atoms with van der Waals surface area (Å²) in [6.45, 7) is 12.1. The van der Waals surface area contributed by atoms with Crippen LogP contribution in [0.15, 0.2) is 83.0 Å². The number of aliphatic hydroxyl groups is 4. The first kappa shape index (κ1) is 39.6. The van der Waals surface area contributed by atoms with Crippen LogP contribution in [-0.4, -0.2) is 77.8 Å². The Morgan fingerprint density at radius 2 is 1.84 bits per heavy atom. The van der Waals surface area contributed by atoms with Crippen LogP contribution in [0, 0.1) is 22.2 Å². The molecule has 3 saturated carbocycles. The lowest BCUT2D eigenvalue weighted by Crippen LogP contribution is -2.69. The third-order valence-electron chi connectivity index (χ3n) is 13.6. The quantitative estimate of drug-likeness (QED) is 0.0677. The Morgan fingerprint density at radius 1 is 1.10 bits per heavy atom. The SMILES string of the molecule is C=C(/C=C/C=C(/CO)[C@]12CC[C@]3(CCCO)/C(=C(/C)C=O)CC[C@](O)(CCNC)[C@@]3(CC1)[C@@H]2O)[C@@H]1C/C=C(\C)CN[C@@H](C)Cc2cccc(c2)C1. The maximum Gasteiger partial charge on any atom is 0.145 e. The standard InChI is InChI=1S/C44H64N2O5/c1-31-13-14-37(27-36-11-7-10-35(26-36)25-34(4)46-28-31)32(2)9-6-12-38(30-49)41-18-20-42(16-8-24-47)39(33(3)29-48)15-17-43(51,22-23-45-5)44(42,21-19-41)40(41)50/h6-7,9-13,26,29,34,37,40,45-47,49-51H,2,8,14-25,27-28,30H2,1,3-5H3/b9-6+,31-13+,38-12-,39-33-/t34-,37+,40+,41-,42+,43-,44-/m0/s1.